The van der Waals surface area contributed by atoms with Gasteiger partial charge in [-0.2, -0.15) is 5.26 Å². The van der Waals surface area contributed by atoms with Gasteiger partial charge in [0, 0.05) is 23.1 Å². The number of benzene rings is 1. The molecule has 0 unspecified atom stereocenters. The second-order valence-electron chi connectivity index (χ2n) is 3.75. The van der Waals surface area contributed by atoms with Crippen LogP contribution in [0.3, 0.4) is 0 Å². The minimum atomic E-state index is 0.474. The van der Waals surface area contributed by atoms with E-state index in [9.17, 15) is 0 Å². The Balaban J connectivity index is 2.87. The molecular formula is C13H17ClN2O2. The molecule has 0 heterocycles. The molecule has 0 aromatic heterocycles. The van der Waals surface area contributed by atoms with Gasteiger partial charge < -0.3 is 15.2 Å². The first-order valence-corrected chi connectivity index (χ1v) is 6.17. The first-order valence-electron chi connectivity index (χ1n) is 5.79. The number of methoxy groups -OCH3 is 1. The molecule has 0 saturated carbocycles. The molecule has 1 aromatic carbocycles. The van der Waals surface area contributed by atoms with E-state index in [1.165, 1.54) is 0 Å². The summed E-state index contributed by atoms with van der Waals surface area (Å²) in [6.07, 6.45) is 1.83. The molecule has 0 bridgehead atoms. The largest absolute Gasteiger partial charge is 0.493 e. The van der Waals surface area contributed by atoms with E-state index in [1.54, 1.807) is 13.2 Å². The van der Waals surface area contributed by atoms with Gasteiger partial charge in [0.05, 0.1) is 19.8 Å². The van der Waals surface area contributed by atoms with Gasteiger partial charge in [-0.3, -0.25) is 0 Å². The Labute approximate surface area is 112 Å². The molecule has 0 fully saturated rings. The topological polar surface area (TPSA) is 68.3 Å². The minimum absolute atomic E-state index is 0.474. The Morgan fingerprint density at radius 1 is 1.44 bits per heavy atom. The maximum absolute atomic E-state index is 8.48. The number of halogens is 1. The smallest absolute Gasteiger partial charge is 0.164 e. The van der Waals surface area contributed by atoms with Gasteiger partial charge in [-0.05, 0) is 25.5 Å². The van der Waals surface area contributed by atoms with E-state index in [0.29, 0.717) is 48.9 Å². The highest BCUT2D eigenvalue weighted by molar-refractivity contribution is 6.30. The molecule has 2 N–H and O–H groups in total. The van der Waals surface area contributed by atoms with Crippen LogP contribution in [0.15, 0.2) is 12.1 Å². The molecule has 0 atom stereocenters. The molecule has 0 aliphatic carbocycles. The lowest BCUT2D eigenvalue weighted by Gasteiger charge is -2.15. The van der Waals surface area contributed by atoms with Crippen molar-refractivity contribution in [2.75, 3.05) is 20.3 Å². The third-order valence-corrected chi connectivity index (χ3v) is 2.63. The van der Waals surface area contributed by atoms with Crippen LogP contribution >= 0.6 is 11.6 Å². The normalized spacial score (nSPS) is 9.89. The van der Waals surface area contributed by atoms with Gasteiger partial charge >= 0.3 is 0 Å². The highest BCUT2D eigenvalue weighted by atomic mass is 35.5. The summed E-state index contributed by atoms with van der Waals surface area (Å²) in [5.74, 6) is 1.27. The first-order chi connectivity index (χ1) is 8.72. The van der Waals surface area contributed by atoms with E-state index in [2.05, 4.69) is 6.07 Å². The van der Waals surface area contributed by atoms with Crippen molar-refractivity contribution in [1.82, 2.24) is 0 Å². The molecule has 0 saturated heterocycles. The number of unbranched alkanes of at least 4 members (excludes halogenated alkanes) is 1. The molecule has 0 aliphatic rings. The van der Waals surface area contributed by atoms with E-state index in [1.807, 2.05) is 6.07 Å². The van der Waals surface area contributed by atoms with E-state index in [4.69, 9.17) is 32.1 Å². The van der Waals surface area contributed by atoms with E-state index in [-0.39, 0.29) is 0 Å². The van der Waals surface area contributed by atoms with Crippen molar-refractivity contribution < 1.29 is 9.47 Å². The van der Waals surface area contributed by atoms with Gasteiger partial charge in [-0.25, -0.2) is 0 Å². The summed E-state index contributed by atoms with van der Waals surface area (Å²) in [5, 5.41) is 9.07. The molecule has 5 heteroatoms. The number of nitrogens with two attached hydrogens (primary N) is 1. The zero-order valence-electron chi connectivity index (χ0n) is 10.4. The van der Waals surface area contributed by atoms with Crippen molar-refractivity contribution in [2.24, 2.45) is 5.73 Å². The van der Waals surface area contributed by atoms with Crippen LogP contribution in [0.4, 0.5) is 0 Å². The lowest BCUT2D eigenvalue weighted by atomic mass is 10.1. The Morgan fingerprint density at radius 2 is 2.22 bits per heavy atom. The second-order valence-corrected chi connectivity index (χ2v) is 4.18. The van der Waals surface area contributed by atoms with Crippen LogP contribution in [0.5, 0.6) is 11.5 Å². The summed E-state index contributed by atoms with van der Waals surface area (Å²) in [7, 11) is 1.57. The summed E-state index contributed by atoms with van der Waals surface area (Å²) in [5.41, 5.74) is 6.49. The lowest BCUT2D eigenvalue weighted by molar-refractivity contribution is 0.288. The van der Waals surface area contributed by atoms with Crippen LogP contribution in [0.1, 0.15) is 18.4 Å². The lowest BCUT2D eigenvalue weighted by Crippen LogP contribution is -2.07. The first kappa shape index (κ1) is 14.6. The van der Waals surface area contributed by atoms with E-state index < -0.39 is 0 Å². The fraction of sp³-hybridized carbons (Fsp3) is 0.462. The van der Waals surface area contributed by atoms with Crippen molar-refractivity contribution >= 4 is 11.6 Å². The van der Waals surface area contributed by atoms with Gasteiger partial charge in [-0.1, -0.05) is 11.6 Å². The predicted octanol–water partition coefficient (Wildman–Crippen LogP) is 2.53. The molecule has 0 spiro atoms. The number of hydrogen-bond acceptors (Lipinski definition) is 4. The standard InChI is InChI=1S/C13H17ClN2O2/c1-17-12-9-11(14)8-10(4-6-16)13(12)18-7-3-2-5-15/h8-9H,2-4,6-7,16H2,1H3. The van der Waals surface area contributed by atoms with Crippen LogP contribution < -0.4 is 15.2 Å². The SMILES string of the molecule is COc1cc(Cl)cc(CCN)c1OCCCC#N. The van der Waals surface area contributed by atoms with Crippen molar-refractivity contribution in [3.8, 4) is 17.6 Å². The fourth-order valence-corrected chi connectivity index (χ4v) is 1.84. The maximum atomic E-state index is 8.48. The molecular weight excluding hydrogens is 252 g/mol. The van der Waals surface area contributed by atoms with Crippen LogP contribution in [0.2, 0.25) is 5.02 Å². The van der Waals surface area contributed by atoms with Gasteiger partial charge in [0.25, 0.3) is 0 Å². The maximum Gasteiger partial charge on any atom is 0.164 e. The molecule has 98 valence electrons. The highest BCUT2D eigenvalue weighted by Crippen LogP contribution is 2.35. The number of nitrogens with zero attached hydrogens (tertiary/aromatic N) is 1. The number of hydrogen-bond donors (Lipinski definition) is 1. The molecule has 1 aromatic rings. The van der Waals surface area contributed by atoms with Crippen molar-refractivity contribution in [3.63, 3.8) is 0 Å². The zero-order valence-corrected chi connectivity index (χ0v) is 11.2. The Bertz CT molecular complexity index is 430. The Hall–Kier alpha value is -1.44. The van der Waals surface area contributed by atoms with Gasteiger partial charge in [0.1, 0.15) is 0 Å². The molecule has 0 aliphatic heterocycles. The number of ether oxygens (including phenoxy) is 2. The fourth-order valence-electron chi connectivity index (χ4n) is 1.60. The summed E-state index contributed by atoms with van der Waals surface area (Å²) >= 11 is 6.00. The number of rotatable bonds is 7. The molecule has 4 nitrogen and oxygen atoms in total. The molecule has 18 heavy (non-hydrogen) atoms. The average Bonchev–Trinajstić information content (AvgIpc) is 2.36. The molecule has 0 amide bonds. The number of nitriles is 1. The zero-order chi connectivity index (χ0) is 13.4. The van der Waals surface area contributed by atoms with Gasteiger partial charge in [-0.15, -0.1) is 0 Å². The third kappa shape index (κ3) is 4.10. The summed E-state index contributed by atoms with van der Waals surface area (Å²) in [6.45, 7) is 0.987. The van der Waals surface area contributed by atoms with Crippen LogP contribution in [0.25, 0.3) is 0 Å². The Morgan fingerprint density at radius 3 is 2.83 bits per heavy atom. The van der Waals surface area contributed by atoms with E-state index in [0.717, 1.165) is 5.56 Å². The summed E-state index contributed by atoms with van der Waals surface area (Å²) < 4.78 is 10.9. The molecule has 1 rings (SSSR count). The quantitative estimate of drug-likeness (QED) is 0.772. The van der Waals surface area contributed by atoms with Crippen LogP contribution in [-0.4, -0.2) is 20.3 Å². The minimum Gasteiger partial charge on any atom is -0.493 e. The summed E-state index contributed by atoms with van der Waals surface area (Å²) in [4.78, 5) is 0. The van der Waals surface area contributed by atoms with Crippen LogP contribution in [-0.2, 0) is 6.42 Å². The summed E-state index contributed by atoms with van der Waals surface area (Å²) in [6, 6.07) is 5.62. The monoisotopic (exact) mass is 268 g/mol. The van der Waals surface area contributed by atoms with E-state index >= 15 is 0 Å². The molecule has 0 radical (unpaired) electrons. The van der Waals surface area contributed by atoms with Crippen LogP contribution in [0, 0.1) is 11.3 Å². The van der Waals surface area contributed by atoms with Gasteiger partial charge in [0.15, 0.2) is 11.5 Å². The average molecular weight is 269 g/mol. The Kier molecular flexibility index (Phi) is 6.34. The van der Waals surface area contributed by atoms with Crippen molar-refractivity contribution in [1.29, 1.82) is 5.26 Å². The van der Waals surface area contributed by atoms with Crippen molar-refractivity contribution in [2.45, 2.75) is 19.3 Å². The van der Waals surface area contributed by atoms with Gasteiger partial charge in [0.2, 0.25) is 0 Å². The predicted molar refractivity (Wildman–Crippen MR) is 71.1 cm³/mol. The second kappa shape index (κ2) is 7.80. The third-order valence-electron chi connectivity index (χ3n) is 2.41. The highest BCUT2D eigenvalue weighted by Gasteiger charge is 2.12. The van der Waals surface area contributed by atoms with Crippen molar-refractivity contribution in [3.05, 3.63) is 22.7 Å².